The molecule has 0 saturated carbocycles. The summed E-state index contributed by atoms with van der Waals surface area (Å²) < 4.78 is 13.5. The molecule has 6 nitrogen and oxygen atoms in total. The molecule has 3 aromatic rings. The van der Waals surface area contributed by atoms with Crippen LogP contribution in [0.25, 0.3) is 0 Å². The number of methoxy groups -OCH3 is 1. The molecule has 4 rings (SSSR count). The van der Waals surface area contributed by atoms with Crippen molar-refractivity contribution in [1.82, 2.24) is 9.78 Å². The van der Waals surface area contributed by atoms with Crippen LogP contribution in [-0.4, -0.2) is 28.7 Å². The standard InChI is InChI=1S/C24H25ClN4O2/c1-6-11-29-24-22(15(4)28-29)27-23(16-9-7-8-10-18(16)25)17-12-20(30-5)21(31-14(2)3)13-19(17)26-24/h6-10,12-14,26H,1,11H2,2-5H3. The number of hydrogen-bond acceptors (Lipinski definition) is 5. The van der Waals surface area contributed by atoms with E-state index in [1.54, 1.807) is 13.2 Å². The van der Waals surface area contributed by atoms with E-state index in [4.69, 9.17) is 26.1 Å². The highest BCUT2D eigenvalue weighted by Gasteiger charge is 2.26. The molecule has 160 valence electrons. The van der Waals surface area contributed by atoms with Crippen LogP contribution in [-0.2, 0) is 6.54 Å². The van der Waals surface area contributed by atoms with E-state index in [2.05, 4.69) is 17.0 Å². The van der Waals surface area contributed by atoms with E-state index < -0.39 is 0 Å². The largest absolute Gasteiger partial charge is 0.493 e. The molecule has 1 aliphatic heterocycles. The van der Waals surface area contributed by atoms with Crippen LogP contribution in [0.3, 0.4) is 0 Å². The van der Waals surface area contributed by atoms with Gasteiger partial charge in [0.25, 0.3) is 0 Å². The predicted octanol–water partition coefficient (Wildman–Crippen LogP) is 6.05. The number of benzene rings is 2. The lowest BCUT2D eigenvalue weighted by Gasteiger charge is -2.19. The Morgan fingerprint density at radius 3 is 2.65 bits per heavy atom. The van der Waals surface area contributed by atoms with Gasteiger partial charge in [0.2, 0.25) is 0 Å². The molecule has 1 N–H and O–H groups in total. The van der Waals surface area contributed by atoms with Crippen LogP contribution in [0.15, 0.2) is 54.0 Å². The lowest BCUT2D eigenvalue weighted by atomic mass is 9.99. The molecule has 0 radical (unpaired) electrons. The van der Waals surface area contributed by atoms with Crippen LogP contribution in [0.4, 0.5) is 17.2 Å². The fourth-order valence-corrected chi connectivity index (χ4v) is 3.83. The van der Waals surface area contributed by atoms with Crippen molar-refractivity contribution in [3.8, 4) is 11.5 Å². The monoisotopic (exact) mass is 436 g/mol. The average Bonchev–Trinajstić information content (AvgIpc) is 2.91. The maximum absolute atomic E-state index is 6.58. The molecule has 0 bridgehead atoms. The van der Waals surface area contributed by atoms with E-state index in [1.807, 2.05) is 61.9 Å². The Morgan fingerprint density at radius 1 is 1.19 bits per heavy atom. The first kappa shape index (κ1) is 21.0. The Labute approximate surface area is 187 Å². The Balaban J connectivity index is 2.02. The van der Waals surface area contributed by atoms with Crippen LogP contribution >= 0.6 is 11.6 Å². The van der Waals surface area contributed by atoms with Crippen molar-refractivity contribution < 1.29 is 9.47 Å². The first-order valence-corrected chi connectivity index (χ1v) is 10.5. The van der Waals surface area contributed by atoms with Gasteiger partial charge in [-0.2, -0.15) is 5.10 Å². The van der Waals surface area contributed by atoms with Crippen molar-refractivity contribution in [2.24, 2.45) is 4.99 Å². The quantitative estimate of drug-likeness (QED) is 0.373. The molecule has 1 aliphatic rings. The molecule has 2 aromatic carbocycles. The number of ether oxygens (including phenoxy) is 2. The zero-order valence-corrected chi connectivity index (χ0v) is 18.8. The van der Waals surface area contributed by atoms with E-state index in [-0.39, 0.29) is 6.10 Å². The topological polar surface area (TPSA) is 60.7 Å². The highest BCUT2D eigenvalue weighted by Crippen LogP contribution is 2.43. The molecule has 31 heavy (non-hydrogen) atoms. The van der Waals surface area contributed by atoms with Gasteiger partial charge in [0.15, 0.2) is 17.3 Å². The molecule has 0 spiro atoms. The second-order valence-corrected chi connectivity index (χ2v) is 7.94. The van der Waals surface area contributed by atoms with Crippen LogP contribution < -0.4 is 14.8 Å². The van der Waals surface area contributed by atoms with E-state index in [9.17, 15) is 0 Å². The van der Waals surface area contributed by atoms with Crippen LogP contribution in [0.1, 0.15) is 30.7 Å². The van der Waals surface area contributed by atoms with Crippen molar-refractivity contribution in [3.63, 3.8) is 0 Å². The summed E-state index contributed by atoms with van der Waals surface area (Å²) >= 11 is 6.58. The second kappa shape index (κ2) is 8.47. The number of fused-ring (bicyclic) bond motifs is 2. The number of halogens is 1. The summed E-state index contributed by atoms with van der Waals surface area (Å²) in [6.45, 7) is 10.3. The molecule has 0 aliphatic carbocycles. The third kappa shape index (κ3) is 3.91. The fraction of sp³-hybridized carbons (Fsp3) is 0.250. The van der Waals surface area contributed by atoms with Crippen molar-refractivity contribution in [2.45, 2.75) is 33.4 Å². The van der Waals surface area contributed by atoms with Crippen molar-refractivity contribution in [1.29, 1.82) is 0 Å². The minimum atomic E-state index is -0.00136. The summed E-state index contributed by atoms with van der Waals surface area (Å²) in [6, 6.07) is 11.6. The highest BCUT2D eigenvalue weighted by molar-refractivity contribution is 6.36. The lowest BCUT2D eigenvalue weighted by Crippen LogP contribution is -2.11. The summed E-state index contributed by atoms with van der Waals surface area (Å²) in [7, 11) is 1.63. The van der Waals surface area contributed by atoms with E-state index >= 15 is 0 Å². The number of nitrogens with zero attached hydrogens (tertiary/aromatic N) is 3. The Hall–Kier alpha value is -3.25. The third-order valence-corrected chi connectivity index (χ3v) is 5.25. The minimum absolute atomic E-state index is 0.00136. The van der Waals surface area contributed by atoms with Gasteiger partial charge in [-0.05, 0) is 32.9 Å². The Morgan fingerprint density at radius 2 is 1.97 bits per heavy atom. The number of allylic oxidation sites excluding steroid dienone is 1. The molecule has 7 heteroatoms. The van der Waals surface area contributed by atoms with Gasteiger partial charge in [-0.15, -0.1) is 6.58 Å². The Kier molecular flexibility index (Phi) is 5.74. The summed E-state index contributed by atoms with van der Waals surface area (Å²) in [5.41, 5.74) is 4.84. The summed E-state index contributed by atoms with van der Waals surface area (Å²) in [6.07, 6.45) is 1.80. The average molecular weight is 437 g/mol. The van der Waals surface area contributed by atoms with Gasteiger partial charge in [0.1, 0.15) is 5.69 Å². The number of rotatable bonds is 6. The molecule has 2 heterocycles. The molecule has 0 fully saturated rings. The molecule has 1 aromatic heterocycles. The van der Waals surface area contributed by atoms with E-state index in [0.29, 0.717) is 23.1 Å². The van der Waals surface area contributed by atoms with Gasteiger partial charge >= 0.3 is 0 Å². The Bertz CT molecular complexity index is 1180. The van der Waals surface area contributed by atoms with E-state index in [0.717, 1.165) is 39.7 Å². The molecule has 0 atom stereocenters. The molecule has 0 saturated heterocycles. The fourth-order valence-electron chi connectivity index (χ4n) is 3.61. The lowest BCUT2D eigenvalue weighted by molar-refractivity contribution is 0.230. The van der Waals surface area contributed by atoms with Gasteiger partial charge in [0.05, 0.1) is 36.9 Å². The first-order chi connectivity index (χ1) is 14.9. The van der Waals surface area contributed by atoms with Gasteiger partial charge < -0.3 is 14.8 Å². The maximum atomic E-state index is 6.58. The van der Waals surface area contributed by atoms with Crippen LogP contribution in [0.5, 0.6) is 11.5 Å². The highest BCUT2D eigenvalue weighted by atomic mass is 35.5. The first-order valence-electron chi connectivity index (χ1n) is 10.1. The molecule has 0 amide bonds. The zero-order chi connectivity index (χ0) is 22.1. The predicted molar refractivity (Wildman–Crippen MR) is 126 cm³/mol. The third-order valence-electron chi connectivity index (χ3n) is 4.93. The zero-order valence-electron chi connectivity index (χ0n) is 18.1. The number of aromatic nitrogens is 2. The second-order valence-electron chi connectivity index (χ2n) is 7.53. The summed E-state index contributed by atoms with van der Waals surface area (Å²) in [5.74, 6) is 2.07. The molecule has 0 unspecified atom stereocenters. The number of anilines is 2. The minimum Gasteiger partial charge on any atom is -0.493 e. The molecular weight excluding hydrogens is 412 g/mol. The SMILES string of the molecule is C=CCn1nc(C)c2c1Nc1cc(OC(C)C)c(OC)cc1C(c1ccccc1Cl)=N2. The maximum Gasteiger partial charge on any atom is 0.163 e. The molecular formula is C24H25ClN4O2. The van der Waals surface area contributed by atoms with Gasteiger partial charge in [0, 0.05) is 22.2 Å². The normalized spacial score (nSPS) is 12.4. The van der Waals surface area contributed by atoms with Crippen molar-refractivity contribution in [2.75, 3.05) is 12.4 Å². The van der Waals surface area contributed by atoms with E-state index in [1.165, 1.54) is 0 Å². The van der Waals surface area contributed by atoms with Gasteiger partial charge in [-0.1, -0.05) is 35.9 Å². The van der Waals surface area contributed by atoms with Gasteiger partial charge in [-0.25, -0.2) is 9.67 Å². The van der Waals surface area contributed by atoms with Gasteiger partial charge in [-0.3, -0.25) is 0 Å². The summed E-state index contributed by atoms with van der Waals surface area (Å²) in [5, 5.41) is 8.78. The number of nitrogens with one attached hydrogen (secondary N) is 1. The number of aliphatic imine (C=N–C) groups is 1. The smallest absolute Gasteiger partial charge is 0.163 e. The number of aryl methyl sites for hydroxylation is 1. The van der Waals surface area contributed by atoms with Crippen LogP contribution in [0.2, 0.25) is 5.02 Å². The number of hydrogen-bond donors (Lipinski definition) is 1. The van der Waals surface area contributed by atoms with Crippen LogP contribution in [0, 0.1) is 6.92 Å². The summed E-state index contributed by atoms with van der Waals surface area (Å²) in [4.78, 5) is 5.04. The van der Waals surface area contributed by atoms with Crippen molar-refractivity contribution in [3.05, 3.63) is 70.9 Å². The van der Waals surface area contributed by atoms with Crippen molar-refractivity contribution >= 4 is 34.5 Å².